The molecule has 0 radical (unpaired) electrons. The van der Waals surface area contributed by atoms with Gasteiger partial charge in [0.2, 0.25) is 0 Å². The van der Waals surface area contributed by atoms with E-state index >= 15 is 0 Å². The molecule has 21 heavy (non-hydrogen) atoms. The summed E-state index contributed by atoms with van der Waals surface area (Å²) in [5.41, 5.74) is 1.69. The molecule has 1 aromatic carbocycles. The van der Waals surface area contributed by atoms with E-state index in [1.165, 1.54) is 0 Å². The second kappa shape index (κ2) is 7.96. The van der Waals surface area contributed by atoms with E-state index in [0.717, 1.165) is 30.9 Å². The molecule has 0 bridgehead atoms. The summed E-state index contributed by atoms with van der Waals surface area (Å²) in [4.78, 5) is 2.30. The van der Waals surface area contributed by atoms with Crippen molar-refractivity contribution in [2.45, 2.75) is 13.8 Å². The largest absolute Gasteiger partial charge is 0.490 e. The van der Waals surface area contributed by atoms with E-state index in [4.69, 9.17) is 16.3 Å². The minimum Gasteiger partial charge on any atom is -0.490 e. The van der Waals surface area contributed by atoms with E-state index in [1.54, 1.807) is 6.07 Å². The number of halogens is 1. The molecule has 0 N–H and O–H groups in total. The van der Waals surface area contributed by atoms with Crippen LogP contribution in [0, 0.1) is 0 Å². The Balaban J connectivity index is 2.13. The Bertz CT molecular complexity index is 559. The molecule has 1 heterocycles. The Labute approximate surface area is 130 Å². The Morgan fingerprint density at radius 3 is 2.48 bits per heavy atom. The molecule has 5 heteroatoms. The van der Waals surface area contributed by atoms with Gasteiger partial charge in [-0.1, -0.05) is 55.8 Å². The Kier molecular flexibility index (Phi) is 5.96. The number of rotatable bonds is 7. The normalized spacial score (nSPS) is 10.9. The molecule has 0 amide bonds. The zero-order valence-electron chi connectivity index (χ0n) is 12.4. The third-order valence-corrected chi connectivity index (χ3v) is 3.52. The van der Waals surface area contributed by atoms with Gasteiger partial charge >= 0.3 is 0 Å². The van der Waals surface area contributed by atoms with Crippen LogP contribution >= 0.6 is 11.6 Å². The van der Waals surface area contributed by atoms with Gasteiger partial charge in [-0.2, -0.15) is 0 Å². The highest BCUT2D eigenvalue weighted by molar-refractivity contribution is 6.29. The van der Waals surface area contributed by atoms with E-state index in [-0.39, 0.29) is 0 Å². The van der Waals surface area contributed by atoms with Gasteiger partial charge < -0.3 is 9.64 Å². The van der Waals surface area contributed by atoms with Crippen LogP contribution in [0.5, 0.6) is 5.75 Å². The van der Waals surface area contributed by atoms with Crippen molar-refractivity contribution >= 4 is 11.6 Å². The van der Waals surface area contributed by atoms with Crippen molar-refractivity contribution in [3.8, 4) is 17.0 Å². The van der Waals surface area contributed by atoms with Crippen LogP contribution < -0.4 is 4.74 Å². The molecule has 1 aromatic heterocycles. The van der Waals surface area contributed by atoms with Gasteiger partial charge in [0.25, 0.3) is 0 Å². The van der Waals surface area contributed by atoms with Crippen LogP contribution in [0.2, 0.25) is 5.15 Å². The average Bonchev–Trinajstić information content (AvgIpc) is 2.52. The van der Waals surface area contributed by atoms with Crippen LogP contribution in [0.4, 0.5) is 0 Å². The molecule has 4 nitrogen and oxygen atoms in total. The molecule has 0 saturated carbocycles. The lowest BCUT2D eigenvalue weighted by molar-refractivity contribution is 0.223. The van der Waals surface area contributed by atoms with Crippen molar-refractivity contribution in [2.24, 2.45) is 0 Å². The molecule has 0 aliphatic heterocycles. The SMILES string of the molecule is CCN(CC)CCOc1cc(Cl)nnc1-c1ccccc1. The van der Waals surface area contributed by atoms with Crippen molar-refractivity contribution in [3.05, 3.63) is 41.6 Å². The van der Waals surface area contributed by atoms with Crippen LogP contribution in [0.15, 0.2) is 36.4 Å². The maximum absolute atomic E-state index is 5.94. The number of hydrogen-bond acceptors (Lipinski definition) is 4. The first-order valence-electron chi connectivity index (χ1n) is 7.18. The first-order chi connectivity index (χ1) is 10.2. The predicted octanol–water partition coefficient (Wildman–Crippen LogP) is 3.52. The lowest BCUT2D eigenvalue weighted by Gasteiger charge is -2.18. The first-order valence-corrected chi connectivity index (χ1v) is 7.56. The monoisotopic (exact) mass is 305 g/mol. The quantitative estimate of drug-likeness (QED) is 0.784. The summed E-state index contributed by atoms with van der Waals surface area (Å²) >= 11 is 5.94. The van der Waals surface area contributed by atoms with Gasteiger partial charge in [-0.25, -0.2) is 0 Å². The molecule has 0 saturated heterocycles. The lowest BCUT2D eigenvalue weighted by atomic mass is 10.1. The van der Waals surface area contributed by atoms with Crippen LogP contribution in [0.25, 0.3) is 11.3 Å². The topological polar surface area (TPSA) is 38.2 Å². The standard InChI is InChI=1S/C16H20ClN3O/c1-3-20(4-2)10-11-21-14-12-15(17)18-19-16(14)13-8-6-5-7-9-13/h5-9,12H,3-4,10-11H2,1-2H3. The zero-order valence-corrected chi connectivity index (χ0v) is 13.2. The van der Waals surface area contributed by atoms with Crippen molar-refractivity contribution in [1.29, 1.82) is 0 Å². The third-order valence-electron chi connectivity index (χ3n) is 3.34. The zero-order chi connectivity index (χ0) is 15.1. The summed E-state index contributed by atoms with van der Waals surface area (Å²) in [6.07, 6.45) is 0. The summed E-state index contributed by atoms with van der Waals surface area (Å²) in [5.74, 6) is 0.674. The van der Waals surface area contributed by atoms with Gasteiger partial charge in [0.15, 0.2) is 10.9 Å². The van der Waals surface area contributed by atoms with Crippen molar-refractivity contribution in [2.75, 3.05) is 26.2 Å². The second-order valence-electron chi connectivity index (χ2n) is 4.62. The second-order valence-corrected chi connectivity index (χ2v) is 5.01. The molecular formula is C16H20ClN3O. The smallest absolute Gasteiger partial charge is 0.155 e. The van der Waals surface area contributed by atoms with Gasteiger partial charge in [0.05, 0.1) is 0 Å². The molecule has 0 atom stereocenters. The molecular weight excluding hydrogens is 286 g/mol. The first kappa shape index (κ1) is 15.7. The molecule has 112 valence electrons. The van der Waals surface area contributed by atoms with Crippen LogP contribution in [0.3, 0.4) is 0 Å². The maximum Gasteiger partial charge on any atom is 0.155 e. The van der Waals surface area contributed by atoms with Crippen molar-refractivity contribution in [3.63, 3.8) is 0 Å². The number of likely N-dealkylation sites (N-methyl/N-ethyl adjacent to an activating group) is 1. The summed E-state index contributed by atoms with van der Waals surface area (Å²) < 4.78 is 5.88. The van der Waals surface area contributed by atoms with Crippen molar-refractivity contribution in [1.82, 2.24) is 15.1 Å². The molecule has 0 fully saturated rings. The van der Waals surface area contributed by atoms with Gasteiger partial charge in [-0.3, -0.25) is 0 Å². The summed E-state index contributed by atoms with van der Waals surface area (Å²) in [5, 5.41) is 8.42. The Morgan fingerprint density at radius 2 is 1.81 bits per heavy atom. The Morgan fingerprint density at radius 1 is 1.10 bits per heavy atom. The fraction of sp³-hybridized carbons (Fsp3) is 0.375. The molecule has 0 aliphatic rings. The molecule has 0 unspecified atom stereocenters. The van der Waals surface area contributed by atoms with E-state index < -0.39 is 0 Å². The molecule has 2 aromatic rings. The van der Waals surface area contributed by atoms with Gasteiger partial charge in [0, 0.05) is 18.2 Å². The number of ether oxygens (including phenoxy) is 1. The molecule has 0 aliphatic carbocycles. The van der Waals surface area contributed by atoms with E-state index in [1.807, 2.05) is 30.3 Å². The number of hydrogen-bond donors (Lipinski definition) is 0. The predicted molar refractivity (Wildman–Crippen MR) is 85.8 cm³/mol. The summed E-state index contributed by atoms with van der Waals surface area (Å²) in [7, 11) is 0. The molecule has 2 rings (SSSR count). The third kappa shape index (κ3) is 4.41. The fourth-order valence-electron chi connectivity index (χ4n) is 2.08. The summed E-state index contributed by atoms with van der Waals surface area (Å²) in [6, 6.07) is 11.6. The highest BCUT2D eigenvalue weighted by Gasteiger charge is 2.10. The highest BCUT2D eigenvalue weighted by atomic mass is 35.5. The Hall–Kier alpha value is -1.65. The lowest BCUT2D eigenvalue weighted by Crippen LogP contribution is -2.28. The molecule has 0 spiro atoms. The van der Waals surface area contributed by atoms with E-state index in [9.17, 15) is 0 Å². The fourth-order valence-corrected chi connectivity index (χ4v) is 2.22. The average molecular weight is 306 g/mol. The van der Waals surface area contributed by atoms with Crippen LogP contribution in [-0.2, 0) is 0 Å². The number of aromatic nitrogens is 2. The van der Waals surface area contributed by atoms with E-state index in [0.29, 0.717) is 17.5 Å². The van der Waals surface area contributed by atoms with Crippen LogP contribution in [0.1, 0.15) is 13.8 Å². The van der Waals surface area contributed by atoms with Gasteiger partial charge in [-0.15, -0.1) is 10.2 Å². The summed E-state index contributed by atoms with van der Waals surface area (Å²) in [6.45, 7) is 7.79. The van der Waals surface area contributed by atoms with E-state index in [2.05, 4.69) is 28.9 Å². The minimum atomic E-state index is 0.340. The minimum absolute atomic E-state index is 0.340. The van der Waals surface area contributed by atoms with Crippen LogP contribution in [-0.4, -0.2) is 41.3 Å². The van der Waals surface area contributed by atoms with Crippen molar-refractivity contribution < 1.29 is 4.74 Å². The number of benzene rings is 1. The van der Waals surface area contributed by atoms with Gasteiger partial charge in [-0.05, 0) is 13.1 Å². The number of nitrogens with zero attached hydrogens (tertiary/aromatic N) is 3. The highest BCUT2D eigenvalue weighted by Crippen LogP contribution is 2.28. The maximum atomic E-state index is 5.94. The van der Waals surface area contributed by atoms with Gasteiger partial charge in [0.1, 0.15) is 12.3 Å².